The van der Waals surface area contributed by atoms with Crippen LogP contribution in [0.2, 0.25) is 0 Å². The van der Waals surface area contributed by atoms with E-state index in [1.54, 1.807) is 6.21 Å². The van der Waals surface area contributed by atoms with Crippen LogP contribution in [0.5, 0.6) is 0 Å². The zero-order valence-electron chi connectivity index (χ0n) is 15.8. The van der Waals surface area contributed by atoms with Crippen molar-refractivity contribution >= 4 is 65.8 Å². The zero-order valence-corrected chi connectivity index (χ0v) is 19.0. The molecule has 0 radical (unpaired) electrons. The molecule has 0 unspecified atom stereocenters. The van der Waals surface area contributed by atoms with Crippen LogP contribution < -0.4 is 5.43 Å². The van der Waals surface area contributed by atoms with E-state index in [9.17, 15) is 4.79 Å². The Labute approximate surface area is 185 Å². The third kappa shape index (κ3) is 4.43. The average molecular weight is 513 g/mol. The maximum atomic E-state index is 12.3. The summed E-state index contributed by atoms with van der Waals surface area (Å²) in [7, 11) is 0. The molecule has 146 valence electrons. The molecule has 4 rings (SSSR count). The lowest BCUT2D eigenvalue weighted by atomic mass is 10.2. The summed E-state index contributed by atoms with van der Waals surface area (Å²) in [6.45, 7) is 2.61. The van der Waals surface area contributed by atoms with Crippen LogP contribution in [-0.4, -0.2) is 16.7 Å². The van der Waals surface area contributed by atoms with Gasteiger partial charge in [-0.05, 0) is 48.9 Å². The molecule has 0 aliphatic rings. The molecule has 0 bridgehead atoms. The fourth-order valence-corrected chi connectivity index (χ4v) is 4.11. The van der Waals surface area contributed by atoms with Crippen molar-refractivity contribution in [2.75, 3.05) is 0 Å². The van der Waals surface area contributed by atoms with E-state index in [1.807, 2.05) is 43.3 Å². The van der Waals surface area contributed by atoms with E-state index in [-0.39, 0.29) is 5.91 Å². The molecule has 1 heterocycles. The van der Waals surface area contributed by atoms with Crippen molar-refractivity contribution in [3.63, 3.8) is 0 Å². The quantitative estimate of drug-likeness (QED) is 0.252. The summed E-state index contributed by atoms with van der Waals surface area (Å²) in [6.07, 6.45) is 2.00. The van der Waals surface area contributed by atoms with Crippen LogP contribution in [0, 0.1) is 6.92 Å². The molecule has 1 amide bonds. The normalized spacial score (nSPS) is 11.6. The molecule has 1 N–H and O–H groups in total. The van der Waals surface area contributed by atoms with E-state index in [4.69, 9.17) is 0 Å². The van der Waals surface area contributed by atoms with Gasteiger partial charge in [-0.1, -0.05) is 61.7 Å². The monoisotopic (exact) mass is 511 g/mol. The molecule has 0 aliphatic heterocycles. The van der Waals surface area contributed by atoms with Crippen LogP contribution >= 0.6 is 31.9 Å². The minimum atomic E-state index is -0.113. The molecule has 0 spiro atoms. The number of halogens is 2. The van der Waals surface area contributed by atoms with Gasteiger partial charge in [-0.2, -0.15) is 5.10 Å². The van der Waals surface area contributed by atoms with Crippen LogP contribution in [0.25, 0.3) is 21.8 Å². The SMILES string of the molecule is Cc1ccc(/C=N/NC(=O)CCn2c3ccc(Br)cc3c3cc(Br)ccc32)cc1. The van der Waals surface area contributed by atoms with Gasteiger partial charge in [0.1, 0.15) is 0 Å². The van der Waals surface area contributed by atoms with Gasteiger partial charge in [-0.3, -0.25) is 4.79 Å². The predicted molar refractivity (Wildman–Crippen MR) is 126 cm³/mol. The van der Waals surface area contributed by atoms with Gasteiger partial charge in [-0.15, -0.1) is 0 Å². The van der Waals surface area contributed by atoms with Crippen LogP contribution in [0.15, 0.2) is 74.7 Å². The van der Waals surface area contributed by atoms with Gasteiger partial charge in [0.2, 0.25) is 5.91 Å². The van der Waals surface area contributed by atoms with E-state index in [1.165, 1.54) is 5.56 Å². The van der Waals surface area contributed by atoms with Gasteiger partial charge in [0.05, 0.1) is 6.21 Å². The van der Waals surface area contributed by atoms with Crippen molar-refractivity contribution in [1.82, 2.24) is 9.99 Å². The van der Waals surface area contributed by atoms with Crippen molar-refractivity contribution in [3.05, 3.63) is 80.7 Å². The Morgan fingerprint density at radius 2 is 1.55 bits per heavy atom. The Hall–Kier alpha value is -2.44. The van der Waals surface area contributed by atoms with E-state index in [2.05, 4.69) is 71.2 Å². The van der Waals surface area contributed by atoms with E-state index >= 15 is 0 Å². The first-order chi connectivity index (χ1) is 14.0. The Balaban J connectivity index is 1.51. The summed E-state index contributed by atoms with van der Waals surface area (Å²) < 4.78 is 4.26. The molecule has 0 saturated heterocycles. The van der Waals surface area contributed by atoms with Gasteiger partial charge in [0.15, 0.2) is 0 Å². The van der Waals surface area contributed by atoms with Crippen molar-refractivity contribution in [2.24, 2.45) is 5.10 Å². The van der Waals surface area contributed by atoms with E-state index in [0.717, 1.165) is 36.3 Å². The highest BCUT2D eigenvalue weighted by molar-refractivity contribution is 9.10. The van der Waals surface area contributed by atoms with Crippen molar-refractivity contribution in [3.8, 4) is 0 Å². The number of hydrogen-bond acceptors (Lipinski definition) is 2. The number of nitrogens with zero attached hydrogens (tertiary/aromatic N) is 2. The predicted octanol–water partition coefficient (Wildman–Crippen LogP) is 6.17. The van der Waals surface area contributed by atoms with Gasteiger partial charge in [0, 0.05) is 43.7 Å². The lowest BCUT2D eigenvalue weighted by molar-refractivity contribution is -0.121. The minimum absolute atomic E-state index is 0.113. The number of carbonyl (C=O) groups excluding carboxylic acids is 1. The molecule has 3 aromatic carbocycles. The molecule has 4 aromatic rings. The molecule has 0 aliphatic carbocycles. The fraction of sp³-hybridized carbons (Fsp3) is 0.130. The smallest absolute Gasteiger partial charge is 0.241 e. The van der Waals surface area contributed by atoms with Gasteiger partial charge in [0.25, 0.3) is 0 Å². The number of aryl methyl sites for hydroxylation is 2. The molecule has 6 heteroatoms. The summed E-state index contributed by atoms with van der Waals surface area (Å²) in [6, 6.07) is 20.4. The topological polar surface area (TPSA) is 46.4 Å². The highest BCUT2D eigenvalue weighted by Crippen LogP contribution is 2.33. The Bertz CT molecular complexity index is 1170. The number of hydrogen-bond donors (Lipinski definition) is 1. The van der Waals surface area contributed by atoms with Crippen molar-refractivity contribution < 1.29 is 4.79 Å². The summed E-state index contributed by atoms with van der Waals surface area (Å²) in [5, 5.41) is 6.39. The van der Waals surface area contributed by atoms with Crippen molar-refractivity contribution in [1.29, 1.82) is 0 Å². The standard InChI is InChI=1S/C23H19Br2N3O/c1-15-2-4-16(5-3-15)14-26-27-23(29)10-11-28-21-8-6-17(24)12-19(21)20-13-18(25)7-9-22(20)28/h2-9,12-14H,10-11H2,1H3,(H,27,29)/b26-14+. The van der Waals surface area contributed by atoms with Crippen LogP contribution in [0.4, 0.5) is 0 Å². The molecule has 4 nitrogen and oxygen atoms in total. The second-order valence-corrected chi connectivity index (χ2v) is 8.76. The molecule has 0 saturated carbocycles. The number of nitrogens with one attached hydrogen (secondary N) is 1. The third-order valence-corrected chi connectivity index (χ3v) is 5.82. The summed E-state index contributed by atoms with van der Waals surface area (Å²) in [5.41, 5.74) is 6.99. The molecular formula is C23H19Br2N3O. The largest absolute Gasteiger partial charge is 0.340 e. The van der Waals surface area contributed by atoms with Crippen LogP contribution in [0.1, 0.15) is 17.5 Å². The van der Waals surface area contributed by atoms with E-state index in [0.29, 0.717) is 13.0 Å². The second-order valence-electron chi connectivity index (χ2n) is 6.93. The van der Waals surface area contributed by atoms with Crippen LogP contribution in [-0.2, 0) is 11.3 Å². The highest BCUT2D eigenvalue weighted by Gasteiger charge is 2.12. The average Bonchev–Trinajstić information content (AvgIpc) is 3.00. The molecular weight excluding hydrogens is 494 g/mol. The maximum absolute atomic E-state index is 12.3. The maximum Gasteiger partial charge on any atom is 0.241 e. The number of aromatic nitrogens is 1. The molecule has 0 atom stereocenters. The third-order valence-electron chi connectivity index (χ3n) is 4.83. The zero-order chi connectivity index (χ0) is 20.4. The first-order valence-corrected chi connectivity index (χ1v) is 10.9. The Morgan fingerprint density at radius 3 is 2.14 bits per heavy atom. The van der Waals surface area contributed by atoms with E-state index < -0.39 is 0 Å². The summed E-state index contributed by atoms with van der Waals surface area (Å²) in [5.74, 6) is -0.113. The van der Waals surface area contributed by atoms with Gasteiger partial charge in [-0.25, -0.2) is 5.43 Å². The summed E-state index contributed by atoms with van der Waals surface area (Å²) in [4.78, 5) is 12.3. The number of rotatable bonds is 5. The number of fused-ring (bicyclic) bond motifs is 3. The first kappa shape index (κ1) is 19.9. The molecule has 1 aromatic heterocycles. The van der Waals surface area contributed by atoms with Gasteiger partial charge >= 0.3 is 0 Å². The summed E-state index contributed by atoms with van der Waals surface area (Å²) >= 11 is 7.12. The Kier molecular flexibility index (Phi) is 5.83. The van der Waals surface area contributed by atoms with Crippen molar-refractivity contribution in [2.45, 2.75) is 19.9 Å². The number of hydrazone groups is 1. The molecule has 29 heavy (non-hydrogen) atoms. The lowest BCUT2D eigenvalue weighted by Gasteiger charge is -2.07. The second kappa shape index (κ2) is 8.51. The number of benzene rings is 3. The highest BCUT2D eigenvalue weighted by atomic mass is 79.9. The number of amides is 1. The lowest BCUT2D eigenvalue weighted by Crippen LogP contribution is -2.19. The Morgan fingerprint density at radius 1 is 0.966 bits per heavy atom. The van der Waals surface area contributed by atoms with Gasteiger partial charge < -0.3 is 4.57 Å². The van der Waals surface area contributed by atoms with Crippen LogP contribution in [0.3, 0.4) is 0 Å². The minimum Gasteiger partial charge on any atom is -0.340 e. The number of carbonyl (C=O) groups is 1. The fourth-order valence-electron chi connectivity index (χ4n) is 3.39. The first-order valence-electron chi connectivity index (χ1n) is 9.27. The molecule has 0 fully saturated rings.